The van der Waals surface area contributed by atoms with Gasteiger partial charge in [0.1, 0.15) is 0 Å². The van der Waals surface area contributed by atoms with Gasteiger partial charge in [0.05, 0.1) is 0 Å². The molecule has 26 heavy (non-hydrogen) atoms. The third-order valence-electron chi connectivity index (χ3n) is 5.75. The zero-order valence-corrected chi connectivity index (χ0v) is 20.7. The van der Waals surface area contributed by atoms with Gasteiger partial charge in [-0.05, 0) is 0 Å². The summed E-state index contributed by atoms with van der Waals surface area (Å²) in [5, 5.41) is 0. The summed E-state index contributed by atoms with van der Waals surface area (Å²) in [6.45, 7) is 9.40. The molecule has 0 amide bonds. The molecule has 2 atom stereocenters. The topological polar surface area (TPSA) is 4.93 Å². The number of halogens is 2. The van der Waals surface area contributed by atoms with Crippen LogP contribution in [0.1, 0.15) is 42.5 Å². The molecule has 1 heterocycles. The smallest absolute Gasteiger partial charge is 1.00 e. The second-order valence-corrected chi connectivity index (χ2v) is 12.0. The number of fused-ring (bicyclic) bond motifs is 1. The van der Waals surface area contributed by atoms with E-state index in [0.29, 0.717) is 9.59 Å². The van der Waals surface area contributed by atoms with Crippen molar-refractivity contribution >= 4 is 11.8 Å². The van der Waals surface area contributed by atoms with Crippen LogP contribution in [0.2, 0.25) is 0 Å². The number of allylic oxidation sites excluding steroid dienone is 5. The van der Waals surface area contributed by atoms with E-state index in [1.165, 1.54) is 11.3 Å². The van der Waals surface area contributed by atoms with Gasteiger partial charge in [-0.15, -0.1) is 0 Å². The average molecular weight is 551 g/mol. The number of hydrogen-bond acceptors (Lipinski definition) is 0. The fourth-order valence-corrected chi connectivity index (χ4v) is 11.1. The first-order valence-corrected chi connectivity index (χ1v) is 12.5. The maximum Gasteiger partial charge on any atom is -1.00 e. The molecule has 2 aliphatic rings. The van der Waals surface area contributed by atoms with Crippen molar-refractivity contribution < 1.29 is 47.7 Å². The number of benzene rings is 1. The number of aromatic nitrogens is 1. The molecule has 4 rings (SSSR count). The van der Waals surface area contributed by atoms with Crippen LogP contribution in [0.25, 0.3) is 11.8 Å². The Hall–Kier alpha value is -0.830. The van der Waals surface area contributed by atoms with E-state index in [1.54, 1.807) is 22.3 Å². The Balaban J connectivity index is 0.00000121. The Labute approximate surface area is 180 Å². The van der Waals surface area contributed by atoms with Crippen LogP contribution in [0.15, 0.2) is 68.8 Å². The second-order valence-electron chi connectivity index (χ2n) is 6.93. The van der Waals surface area contributed by atoms with Gasteiger partial charge in [0.25, 0.3) is 0 Å². The van der Waals surface area contributed by atoms with Gasteiger partial charge in [0.15, 0.2) is 0 Å². The zero-order chi connectivity index (χ0) is 16.8. The van der Waals surface area contributed by atoms with E-state index in [9.17, 15) is 0 Å². The van der Waals surface area contributed by atoms with Crippen LogP contribution in [0.4, 0.5) is 0 Å². The minimum Gasteiger partial charge on any atom is -1.00 e. The molecule has 1 aromatic heterocycles. The first kappa shape index (κ1) is 21.5. The van der Waals surface area contributed by atoms with E-state index in [2.05, 4.69) is 87.1 Å². The van der Waals surface area contributed by atoms with Gasteiger partial charge >= 0.3 is 157 Å². The molecule has 134 valence electrons. The fourth-order valence-electron chi connectivity index (χ4n) is 3.94. The molecule has 0 saturated heterocycles. The molecule has 0 aliphatic heterocycles. The molecule has 0 radical (unpaired) electrons. The van der Waals surface area contributed by atoms with Gasteiger partial charge in [0.2, 0.25) is 0 Å². The van der Waals surface area contributed by atoms with Crippen LogP contribution in [0.3, 0.4) is 0 Å². The molecule has 0 bridgehead atoms. The Morgan fingerprint density at radius 3 is 2.15 bits per heavy atom. The van der Waals surface area contributed by atoms with Crippen molar-refractivity contribution in [3.8, 4) is 0 Å². The quantitative estimate of drug-likeness (QED) is 0.471. The van der Waals surface area contributed by atoms with Crippen molar-refractivity contribution in [1.82, 2.24) is 4.57 Å². The van der Waals surface area contributed by atoms with Crippen LogP contribution in [-0.2, 0) is 22.9 Å². The Kier molecular flexibility index (Phi) is 6.98. The van der Waals surface area contributed by atoms with Crippen molar-refractivity contribution in [3.05, 3.63) is 80.0 Å². The molecule has 0 spiro atoms. The molecule has 2 aliphatic carbocycles. The summed E-state index contributed by atoms with van der Waals surface area (Å²) in [6.07, 6.45) is 6.81. The molecule has 0 saturated carbocycles. The van der Waals surface area contributed by atoms with Gasteiger partial charge in [-0.3, -0.25) is 0 Å². The monoisotopic (exact) mass is 551 g/mol. The van der Waals surface area contributed by atoms with Crippen LogP contribution < -0.4 is 24.8 Å². The van der Waals surface area contributed by atoms with E-state index in [1.807, 2.05) is 3.33 Å². The summed E-state index contributed by atoms with van der Waals surface area (Å²) >= 11 is -1.04. The van der Waals surface area contributed by atoms with Crippen molar-refractivity contribution in [3.63, 3.8) is 0 Å². The molecular weight excluding hydrogens is 528 g/mol. The van der Waals surface area contributed by atoms with Crippen LogP contribution >= 0.6 is 0 Å². The molecule has 2 unspecified atom stereocenters. The van der Waals surface area contributed by atoms with Crippen molar-refractivity contribution in [2.24, 2.45) is 5.92 Å². The predicted octanol–water partition coefficient (Wildman–Crippen LogP) is -0.108. The number of nitrogens with zero attached hydrogens (tertiary/aromatic N) is 1. The summed E-state index contributed by atoms with van der Waals surface area (Å²) in [6, 6.07) is 13.3. The Bertz CT molecular complexity index is 891. The number of rotatable bonds is 3. The summed E-state index contributed by atoms with van der Waals surface area (Å²) in [5.74, 6) is 0.659. The molecule has 4 heteroatoms. The third kappa shape index (κ3) is 3.48. The van der Waals surface area contributed by atoms with Gasteiger partial charge in [0, 0.05) is 0 Å². The van der Waals surface area contributed by atoms with Gasteiger partial charge < -0.3 is 24.8 Å². The number of hydrogen-bond donors (Lipinski definition) is 0. The minimum atomic E-state index is -1.04. The third-order valence-corrected chi connectivity index (χ3v) is 13.0. The van der Waals surface area contributed by atoms with Crippen molar-refractivity contribution in [1.29, 1.82) is 0 Å². The molecule has 0 fully saturated rings. The van der Waals surface area contributed by atoms with E-state index < -0.39 is 22.9 Å². The predicted molar refractivity (Wildman–Crippen MR) is 98.0 cm³/mol. The van der Waals surface area contributed by atoms with Crippen LogP contribution in [-0.4, -0.2) is 4.57 Å². The van der Waals surface area contributed by atoms with Gasteiger partial charge in [-0.25, -0.2) is 0 Å². The molecular formula is C22H23Cl2HfN. The normalized spacial score (nSPS) is 21.0. The largest absolute Gasteiger partial charge is 1.00 e. The zero-order valence-electron chi connectivity index (χ0n) is 15.6. The summed E-state index contributed by atoms with van der Waals surface area (Å²) < 4.78 is 4.78. The fraction of sp³-hybridized carbons (Fsp3) is 0.273. The first-order valence-electron chi connectivity index (χ1n) is 8.67. The van der Waals surface area contributed by atoms with Crippen molar-refractivity contribution in [2.75, 3.05) is 0 Å². The van der Waals surface area contributed by atoms with E-state index in [4.69, 9.17) is 0 Å². The molecule has 1 aromatic carbocycles. The maximum atomic E-state index is 2.41. The van der Waals surface area contributed by atoms with E-state index in [-0.39, 0.29) is 24.8 Å². The SMILES string of the molecule is CC1=C(C)C(C)[C]([Hf+2][CH]2C(n3cccc3)=Cc3ccccc32)=C1C.[Cl-].[Cl-]. The molecule has 2 aromatic rings. The Morgan fingerprint density at radius 1 is 0.885 bits per heavy atom. The van der Waals surface area contributed by atoms with Crippen LogP contribution in [0.5, 0.6) is 0 Å². The van der Waals surface area contributed by atoms with Gasteiger partial charge in [-0.2, -0.15) is 0 Å². The van der Waals surface area contributed by atoms with E-state index in [0.717, 1.165) is 0 Å². The first-order chi connectivity index (χ1) is 11.6. The summed E-state index contributed by atoms with van der Waals surface area (Å²) in [7, 11) is 0. The van der Waals surface area contributed by atoms with E-state index >= 15 is 0 Å². The van der Waals surface area contributed by atoms with Crippen LogP contribution in [0, 0.1) is 5.92 Å². The summed E-state index contributed by atoms with van der Waals surface area (Å²) in [5.41, 5.74) is 9.19. The molecule has 1 nitrogen and oxygen atoms in total. The van der Waals surface area contributed by atoms with Crippen molar-refractivity contribution in [2.45, 2.75) is 31.4 Å². The molecule has 0 N–H and O–H groups in total. The Morgan fingerprint density at radius 2 is 1.54 bits per heavy atom. The standard InChI is InChI=1S/C13H10N.C9H13.2ClH.Hf/c1-2-6-12-10-13(9-11(12)5-1)14-7-3-4-8-14;1-6-5-7(2)9(4)8(6)3;;;/h1-10H;6H,1-4H3;2*1H;/q;;;;+2/p-2. The summed E-state index contributed by atoms with van der Waals surface area (Å²) in [4.78, 5) is 0. The van der Waals surface area contributed by atoms with Gasteiger partial charge in [-0.1, -0.05) is 0 Å². The average Bonchev–Trinajstić information content (AvgIpc) is 3.28. The maximum absolute atomic E-state index is 2.41. The minimum absolute atomic E-state index is 0. The second kappa shape index (κ2) is 8.46.